The van der Waals surface area contributed by atoms with Crippen LogP contribution in [0.25, 0.3) is 0 Å². The topological polar surface area (TPSA) is 78.4 Å². The molecule has 0 radical (unpaired) electrons. The monoisotopic (exact) mass is 286 g/mol. The zero-order valence-electron chi connectivity index (χ0n) is 11.5. The predicted octanol–water partition coefficient (Wildman–Crippen LogP) is 1.87. The van der Waals surface area contributed by atoms with Crippen LogP contribution in [0.5, 0.6) is 0 Å². The van der Waals surface area contributed by atoms with Crippen molar-refractivity contribution in [2.24, 2.45) is 0 Å². The summed E-state index contributed by atoms with van der Waals surface area (Å²) in [6, 6.07) is 0. The van der Waals surface area contributed by atoms with Gasteiger partial charge in [0.15, 0.2) is 0 Å². The van der Waals surface area contributed by atoms with Gasteiger partial charge in [0.2, 0.25) is 5.92 Å². The molecule has 0 spiro atoms. The van der Waals surface area contributed by atoms with Gasteiger partial charge in [-0.25, -0.2) is 4.98 Å². The lowest BCUT2D eigenvalue weighted by Gasteiger charge is -2.11. The number of hydrogen-bond donors (Lipinski definition) is 0. The lowest BCUT2D eigenvalue weighted by atomic mass is 10.1. The number of aromatic nitrogens is 2. The first-order valence-corrected chi connectivity index (χ1v) is 6.95. The van der Waals surface area contributed by atoms with Gasteiger partial charge in [-0.15, -0.1) is 0 Å². The van der Waals surface area contributed by atoms with Gasteiger partial charge in [0.1, 0.15) is 10.8 Å². The number of carbonyl (C=O) groups is 2. The largest absolute Gasteiger partial charge is 0.465 e. The summed E-state index contributed by atoms with van der Waals surface area (Å²) >= 11 is 1.03. The molecule has 1 aromatic heterocycles. The van der Waals surface area contributed by atoms with Crippen molar-refractivity contribution in [3.05, 3.63) is 10.8 Å². The molecule has 7 heteroatoms. The molecule has 1 aromatic rings. The first-order valence-electron chi connectivity index (χ1n) is 6.17. The molecule has 0 aliphatic rings. The van der Waals surface area contributed by atoms with Crippen LogP contribution in [0, 0.1) is 0 Å². The summed E-state index contributed by atoms with van der Waals surface area (Å²) in [5, 5.41) is 0.320. The van der Waals surface area contributed by atoms with Crippen LogP contribution in [0.2, 0.25) is 0 Å². The molecule has 0 aliphatic heterocycles. The third-order valence-electron chi connectivity index (χ3n) is 2.27. The third kappa shape index (κ3) is 3.99. The van der Waals surface area contributed by atoms with Crippen molar-refractivity contribution in [1.29, 1.82) is 0 Å². The van der Waals surface area contributed by atoms with Gasteiger partial charge in [0, 0.05) is 5.92 Å². The molecule has 0 atom stereocenters. The second kappa shape index (κ2) is 7.18. The van der Waals surface area contributed by atoms with Crippen LogP contribution in [0.3, 0.4) is 0 Å². The SMILES string of the molecule is CCOC(=O)C(C(=O)OCC)c1nc(C(C)C)ns1. The van der Waals surface area contributed by atoms with Crippen molar-refractivity contribution < 1.29 is 19.1 Å². The molecule has 0 aromatic carbocycles. The molecule has 1 heterocycles. The van der Waals surface area contributed by atoms with Crippen LogP contribution >= 0.6 is 11.5 Å². The maximum atomic E-state index is 11.9. The molecular formula is C12H18N2O4S. The zero-order valence-corrected chi connectivity index (χ0v) is 12.3. The Bertz CT molecular complexity index is 427. The number of hydrogen-bond acceptors (Lipinski definition) is 7. The van der Waals surface area contributed by atoms with Crippen molar-refractivity contribution in [1.82, 2.24) is 9.36 Å². The maximum Gasteiger partial charge on any atom is 0.327 e. The Kier molecular flexibility index (Phi) is 5.88. The van der Waals surface area contributed by atoms with E-state index in [0.29, 0.717) is 10.8 Å². The Labute approximate surface area is 116 Å². The van der Waals surface area contributed by atoms with Crippen molar-refractivity contribution in [2.45, 2.75) is 39.5 Å². The minimum absolute atomic E-state index is 0.134. The highest BCUT2D eigenvalue weighted by atomic mass is 32.1. The summed E-state index contributed by atoms with van der Waals surface area (Å²) in [6.45, 7) is 7.64. The normalized spacial score (nSPS) is 10.8. The van der Waals surface area contributed by atoms with E-state index in [4.69, 9.17) is 9.47 Å². The molecule has 1 rings (SSSR count). The number of nitrogens with zero attached hydrogens (tertiary/aromatic N) is 2. The van der Waals surface area contributed by atoms with E-state index in [1.165, 1.54) is 0 Å². The van der Waals surface area contributed by atoms with E-state index < -0.39 is 17.9 Å². The number of carbonyl (C=O) groups excluding carboxylic acids is 2. The highest BCUT2D eigenvalue weighted by Gasteiger charge is 2.35. The highest BCUT2D eigenvalue weighted by molar-refractivity contribution is 7.05. The average Bonchev–Trinajstić information content (AvgIpc) is 2.79. The minimum atomic E-state index is -1.13. The Hall–Kier alpha value is -1.50. The van der Waals surface area contributed by atoms with Crippen LogP contribution in [-0.4, -0.2) is 34.5 Å². The first-order chi connectivity index (χ1) is 9.01. The van der Waals surface area contributed by atoms with E-state index in [1.807, 2.05) is 13.8 Å². The molecule has 0 aliphatic carbocycles. The van der Waals surface area contributed by atoms with Gasteiger partial charge >= 0.3 is 11.9 Å². The van der Waals surface area contributed by atoms with Crippen LogP contribution in [0.4, 0.5) is 0 Å². The van der Waals surface area contributed by atoms with Gasteiger partial charge in [-0.2, -0.15) is 4.37 Å². The summed E-state index contributed by atoms with van der Waals surface area (Å²) in [5.74, 6) is -1.68. The zero-order chi connectivity index (χ0) is 14.4. The number of ether oxygens (including phenoxy) is 2. The quantitative estimate of drug-likeness (QED) is 0.587. The molecule has 0 bridgehead atoms. The van der Waals surface area contributed by atoms with Gasteiger partial charge in [0.05, 0.1) is 13.2 Å². The van der Waals surface area contributed by atoms with Gasteiger partial charge < -0.3 is 9.47 Å². The summed E-state index contributed by atoms with van der Waals surface area (Å²) in [7, 11) is 0. The van der Waals surface area contributed by atoms with E-state index in [0.717, 1.165) is 11.5 Å². The second-order valence-corrected chi connectivity index (χ2v) is 4.87. The first kappa shape index (κ1) is 15.6. The fraction of sp³-hybridized carbons (Fsp3) is 0.667. The third-order valence-corrected chi connectivity index (χ3v) is 3.06. The molecule has 0 N–H and O–H groups in total. The molecule has 106 valence electrons. The Morgan fingerprint density at radius 2 is 1.68 bits per heavy atom. The van der Waals surface area contributed by atoms with Gasteiger partial charge in [-0.05, 0) is 25.4 Å². The summed E-state index contributed by atoms with van der Waals surface area (Å²) < 4.78 is 13.9. The second-order valence-electron chi connectivity index (χ2n) is 4.08. The number of rotatable bonds is 6. The van der Waals surface area contributed by atoms with E-state index in [2.05, 4.69) is 9.36 Å². The van der Waals surface area contributed by atoms with Crippen molar-refractivity contribution in [3.63, 3.8) is 0 Å². The van der Waals surface area contributed by atoms with Gasteiger partial charge in [-0.3, -0.25) is 9.59 Å². The van der Waals surface area contributed by atoms with Gasteiger partial charge in [-0.1, -0.05) is 13.8 Å². The summed E-state index contributed by atoms with van der Waals surface area (Å²) in [5.41, 5.74) is 0. The molecular weight excluding hydrogens is 268 g/mol. The minimum Gasteiger partial charge on any atom is -0.465 e. The summed E-state index contributed by atoms with van der Waals surface area (Å²) in [6.07, 6.45) is 0. The van der Waals surface area contributed by atoms with Crippen LogP contribution in [0.15, 0.2) is 0 Å². The van der Waals surface area contributed by atoms with E-state index >= 15 is 0 Å². The Balaban J connectivity index is 3.00. The van der Waals surface area contributed by atoms with Crippen LogP contribution in [0.1, 0.15) is 50.4 Å². The van der Waals surface area contributed by atoms with Gasteiger partial charge in [0.25, 0.3) is 0 Å². The lowest BCUT2D eigenvalue weighted by Crippen LogP contribution is -2.26. The predicted molar refractivity (Wildman–Crippen MR) is 70.0 cm³/mol. The van der Waals surface area contributed by atoms with Crippen LogP contribution in [-0.2, 0) is 19.1 Å². The molecule has 6 nitrogen and oxygen atoms in total. The number of esters is 2. The van der Waals surface area contributed by atoms with Crippen molar-refractivity contribution >= 4 is 23.5 Å². The van der Waals surface area contributed by atoms with E-state index in [9.17, 15) is 9.59 Å². The molecule has 19 heavy (non-hydrogen) atoms. The maximum absolute atomic E-state index is 11.9. The van der Waals surface area contributed by atoms with E-state index in [1.54, 1.807) is 13.8 Å². The molecule has 0 amide bonds. The Morgan fingerprint density at radius 3 is 2.05 bits per heavy atom. The van der Waals surface area contributed by atoms with Crippen LogP contribution < -0.4 is 0 Å². The molecule has 0 saturated heterocycles. The molecule has 0 fully saturated rings. The summed E-state index contributed by atoms with van der Waals surface area (Å²) in [4.78, 5) is 27.9. The van der Waals surface area contributed by atoms with Crippen molar-refractivity contribution in [2.75, 3.05) is 13.2 Å². The standard InChI is InChI=1S/C12H18N2O4S/c1-5-17-11(15)8(12(16)18-6-2)10-13-9(7(3)4)14-19-10/h7-8H,5-6H2,1-4H3. The van der Waals surface area contributed by atoms with Crippen molar-refractivity contribution in [3.8, 4) is 0 Å². The smallest absolute Gasteiger partial charge is 0.327 e. The molecule has 0 saturated carbocycles. The van der Waals surface area contributed by atoms with E-state index in [-0.39, 0.29) is 19.1 Å². The average molecular weight is 286 g/mol. The fourth-order valence-corrected chi connectivity index (χ4v) is 2.22. The highest BCUT2D eigenvalue weighted by Crippen LogP contribution is 2.23. The molecule has 0 unspecified atom stereocenters. The Morgan fingerprint density at radius 1 is 1.16 bits per heavy atom. The lowest BCUT2D eigenvalue weighted by molar-refractivity contribution is -0.156. The fourth-order valence-electron chi connectivity index (χ4n) is 1.35.